The van der Waals surface area contributed by atoms with Gasteiger partial charge in [0.2, 0.25) is 0 Å². The van der Waals surface area contributed by atoms with Crippen LogP contribution in [0.5, 0.6) is 0 Å². The van der Waals surface area contributed by atoms with Crippen molar-refractivity contribution >= 4 is 0 Å². The van der Waals surface area contributed by atoms with E-state index in [1.54, 1.807) is 0 Å². The van der Waals surface area contributed by atoms with E-state index in [4.69, 9.17) is 4.74 Å². The zero-order chi connectivity index (χ0) is 8.65. The molecule has 0 aliphatic carbocycles. The van der Waals surface area contributed by atoms with Crippen molar-refractivity contribution in [1.29, 1.82) is 0 Å². The average molecular weight is 172 g/mol. The number of unbranched alkanes of at least 4 members (excludes halogenated alkanes) is 2. The SMILES string of the molecule is CCCCCNC1COCCN1. The molecule has 2 N–H and O–H groups in total. The molecule has 0 aromatic carbocycles. The van der Waals surface area contributed by atoms with E-state index in [0.29, 0.717) is 6.17 Å². The topological polar surface area (TPSA) is 33.3 Å². The lowest BCUT2D eigenvalue weighted by atomic mass is 10.2. The predicted octanol–water partition coefficient (Wildman–Crippen LogP) is 0.712. The van der Waals surface area contributed by atoms with Gasteiger partial charge in [-0.15, -0.1) is 0 Å². The minimum atomic E-state index is 0.385. The second-order valence-electron chi connectivity index (χ2n) is 3.24. The second kappa shape index (κ2) is 6.40. The lowest BCUT2D eigenvalue weighted by molar-refractivity contribution is 0.0658. The first-order valence-electron chi connectivity index (χ1n) is 4.98. The second-order valence-corrected chi connectivity index (χ2v) is 3.24. The van der Waals surface area contributed by atoms with Crippen LogP contribution in [0.1, 0.15) is 26.2 Å². The quantitative estimate of drug-likeness (QED) is 0.599. The summed E-state index contributed by atoms with van der Waals surface area (Å²) in [6.45, 7) is 5.97. The van der Waals surface area contributed by atoms with Gasteiger partial charge in [0.05, 0.1) is 19.4 Å². The van der Waals surface area contributed by atoms with Crippen LogP contribution in [0.3, 0.4) is 0 Å². The summed E-state index contributed by atoms with van der Waals surface area (Å²) in [5.74, 6) is 0. The molecule has 3 nitrogen and oxygen atoms in total. The molecule has 1 saturated heterocycles. The van der Waals surface area contributed by atoms with E-state index < -0.39 is 0 Å². The van der Waals surface area contributed by atoms with Crippen LogP contribution in [-0.4, -0.2) is 32.5 Å². The van der Waals surface area contributed by atoms with Crippen molar-refractivity contribution in [3.05, 3.63) is 0 Å². The van der Waals surface area contributed by atoms with Gasteiger partial charge in [-0.1, -0.05) is 19.8 Å². The van der Waals surface area contributed by atoms with Crippen LogP contribution >= 0.6 is 0 Å². The third kappa shape index (κ3) is 4.04. The Balaban J connectivity index is 1.91. The van der Waals surface area contributed by atoms with Gasteiger partial charge in [0.1, 0.15) is 0 Å². The van der Waals surface area contributed by atoms with Crippen LogP contribution in [-0.2, 0) is 4.74 Å². The highest BCUT2D eigenvalue weighted by atomic mass is 16.5. The van der Waals surface area contributed by atoms with E-state index in [1.165, 1.54) is 19.3 Å². The summed E-state index contributed by atoms with van der Waals surface area (Å²) in [6.07, 6.45) is 4.27. The molecule has 0 aromatic rings. The van der Waals surface area contributed by atoms with Crippen LogP contribution in [0.25, 0.3) is 0 Å². The monoisotopic (exact) mass is 172 g/mol. The molecule has 1 aliphatic rings. The number of morpholine rings is 1. The summed E-state index contributed by atoms with van der Waals surface area (Å²) in [7, 11) is 0. The Morgan fingerprint density at radius 2 is 2.42 bits per heavy atom. The summed E-state index contributed by atoms with van der Waals surface area (Å²) >= 11 is 0. The molecule has 1 aliphatic heterocycles. The Kier molecular flexibility index (Phi) is 5.32. The van der Waals surface area contributed by atoms with Gasteiger partial charge in [-0.25, -0.2) is 0 Å². The highest BCUT2D eigenvalue weighted by Crippen LogP contribution is 1.93. The summed E-state index contributed by atoms with van der Waals surface area (Å²) in [4.78, 5) is 0. The maximum absolute atomic E-state index is 5.31. The van der Waals surface area contributed by atoms with Gasteiger partial charge in [0.25, 0.3) is 0 Å². The van der Waals surface area contributed by atoms with Crippen LogP contribution < -0.4 is 10.6 Å². The molecule has 1 heterocycles. The highest BCUT2D eigenvalue weighted by Gasteiger charge is 2.10. The molecule has 12 heavy (non-hydrogen) atoms. The fourth-order valence-corrected chi connectivity index (χ4v) is 1.35. The molecule has 0 amide bonds. The Morgan fingerprint density at radius 1 is 1.50 bits per heavy atom. The Labute approximate surface area is 74.9 Å². The molecule has 0 bridgehead atoms. The molecule has 1 atom stereocenters. The number of hydrogen-bond donors (Lipinski definition) is 2. The van der Waals surface area contributed by atoms with Crippen molar-refractivity contribution in [2.75, 3.05) is 26.3 Å². The van der Waals surface area contributed by atoms with Crippen molar-refractivity contribution in [2.45, 2.75) is 32.4 Å². The smallest absolute Gasteiger partial charge is 0.0814 e. The molecule has 0 aromatic heterocycles. The number of rotatable bonds is 5. The molecule has 1 unspecified atom stereocenters. The fraction of sp³-hybridized carbons (Fsp3) is 1.00. The summed E-state index contributed by atoms with van der Waals surface area (Å²) in [6, 6.07) is 0. The molecular formula is C9H20N2O. The normalized spacial score (nSPS) is 24.2. The van der Waals surface area contributed by atoms with Gasteiger partial charge in [0.15, 0.2) is 0 Å². The van der Waals surface area contributed by atoms with E-state index in [2.05, 4.69) is 17.6 Å². The first-order valence-corrected chi connectivity index (χ1v) is 4.98. The maximum atomic E-state index is 5.31. The molecule has 1 fully saturated rings. The van der Waals surface area contributed by atoms with Crippen molar-refractivity contribution in [3.8, 4) is 0 Å². The number of hydrogen-bond acceptors (Lipinski definition) is 3. The molecule has 72 valence electrons. The minimum Gasteiger partial charge on any atom is -0.377 e. The molecule has 0 radical (unpaired) electrons. The number of nitrogens with one attached hydrogen (secondary N) is 2. The van der Waals surface area contributed by atoms with E-state index in [-0.39, 0.29) is 0 Å². The first kappa shape index (κ1) is 9.96. The summed E-state index contributed by atoms with van der Waals surface area (Å²) in [5.41, 5.74) is 0. The Hall–Kier alpha value is -0.120. The van der Waals surface area contributed by atoms with Crippen molar-refractivity contribution in [3.63, 3.8) is 0 Å². The molecule has 3 heteroatoms. The third-order valence-corrected chi connectivity index (χ3v) is 2.09. The van der Waals surface area contributed by atoms with Crippen LogP contribution in [0.4, 0.5) is 0 Å². The molecule has 0 spiro atoms. The van der Waals surface area contributed by atoms with Crippen LogP contribution in [0, 0.1) is 0 Å². The van der Waals surface area contributed by atoms with E-state index >= 15 is 0 Å². The van der Waals surface area contributed by atoms with E-state index in [1.807, 2.05) is 0 Å². The van der Waals surface area contributed by atoms with Crippen molar-refractivity contribution < 1.29 is 4.74 Å². The third-order valence-electron chi connectivity index (χ3n) is 2.09. The first-order chi connectivity index (χ1) is 5.93. The largest absolute Gasteiger partial charge is 0.377 e. The summed E-state index contributed by atoms with van der Waals surface area (Å²) in [5, 5.41) is 6.78. The number of ether oxygens (including phenoxy) is 1. The Bertz CT molecular complexity index is 103. The lowest BCUT2D eigenvalue weighted by Crippen LogP contribution is -2.50. The van der Waals surface area contributed by atoms with E-state index in [9.17, 15) is 0 Å². The Morgan fingerprint density at radius 3 is 3.08 bits per heavy atom. The standard InChI is InChI=1S/C9H20N2O/c1-2-3-4-5-10-9-8-12-7-6-11-9/h9-11H,2-8H2,1H3. The molecule has 0 saturated carbocycles. The van der Waals surface area contributed by atoms with Gasteiger partial charge in [-0.3, -0.25) is 10.6 Å². The highest BCUT2D eigenvalue weighted by molar-refractivity contribution is 4.67. The van der Waals surface area contributed by atoms with Gasteiger partial charge in [0, 0.05) is 6.54 Å². The molecule has 1 rings (SSSR count). The van der Waals surface area contributed by atoms with Crippen molar-refractivity contribution in [1.82, 2.24) is 10.6 Å². The van der Waals surface area contributed by atoms with E-state index in [0.717, 1.165) is 26.3 Å². The van der Waals surface area contributed by atoms with Crippen molar-refractivity contribution in [2.24, 2.45) is 0 Å². The van der Waals surface area contributed by atoms with Gasteiger partial charge in [-0.2, -0.15) is 0 Å². The van der Waals surface area contributed by atoms with Crippen LogP contribution in [0.15, 0.2) is 0 Å². The van der Waals surface area contributed by atoms with Gasteiger partial charge >= 0.3 is 0 Å². The predicted molar refractivity (Wildman–Crippen MR) is 50.1 cm³/mol. The van der Waals surface area contributed by atoms with Gasteiger partial charge < -0.3 is 4.74 Å². The minimum absolute atomic E-state index is 0.385. The molecular weight excluding hydrogens is 152 g/mol. The zero-order valence-electron chi connectivity index (χ0n) is 7.94. The lowest BCUT2D eigenvalue weighted by Gasteiger charge is -2.24. The fourth-order valence-electron chi connectivity index (χ4n) is 1.35. The van der Waals surface area contributed by atoms with Gasteiger partial charge in [-0.05, 0) is 13.0 Å². The zero-order valence-corrected chi connectivity index (χ0v) is 7.94. The average Bonchev–Trinajstić information content (AvgIpc) is 2.14. The summed E-state index contributed by atoms with van der Waals surface area (Å²) < 4.78 is 5.31. The maximum Gasteiger partial charge on any atom is 0.0814 e. The van der Waals surface area contributed by atoms with Crippen LogP contribution in [0.2, 0.25) is 0 Å².